The second-order valence-corrected chi connectivity index (χ2v) is 4.35. The van der Waals surface area contributed by atoms with Crippen LogP contribution >= 0.6 is 11.6 Å². The Morgan fingerprint density at radius 1 is 1.25 bits per heavy atom. The molecule has 0 fully saturated rings. The molecule has 1 amide bonds. The Morgan fingerprint density at radius 3 is 2.65 bits per heavy atom. The molecule has 0 unspecified atom stereocenters. The minimum absolute atomic E-state index is 0.0455. The number of nitrogen functional groups attached to an aromatic ring is 1. The van der Waals surface area contributed by atoms with Crippen molar-refractivity contribution < 1.29 is 19.0 Å². The zero-order valence-corrected chi connectivity index (χ0v) is 12.1. The average Bonchev–Trinajstić information content (AvgIpc) is 2.42. The van der Waals surface area contributed by atoms with Crippen LogP contribution in [0.5, 0.6) is 0 Å². The zero-order valence-electron chi connectivity index (χ0n) is 11.4. The van der Waals surface area contributed by atoms with E-state index in [1.54, 1.807) is 25.3 Å². The molecule has 0 spiro atoms. The number of halogens is 1. The van der Waals surface area contributed by atoms with Crippen LogP contribution in [0.1, 0.15) is 0 Å². The average molecular weight is 303 g/mol. The molecule has 7 heteroatoms. The van der Waals surface area contributed by atoms with Crippen LogP contribution in [0.4, 0.5) is 11.4 Å². The van der Waals surface area contributed by atoms with Crippen molar-refractivity contribution in [1.82, 2.24) is 0 Å². The lowest BCUT2D eigenvalue weighted by molar-refractivity contribution is -0.121. The van der Waals surface area contributed by atoms with Crippen molar-refractivity contribution in [3.8, 4) is 0 Å². The third-order valence-electron chi connectivity index (χ3n) is 2.32. The Hall–Kier alpha value is -1.34. The number of amides is 1. The number of nitrogens with one attached hydrogen (secondary N) is 1. The Balaban J connectivity index is 2.15. The van der Waals surface area contributed by atoms with Gasteiger partial charge < -0.3 is 25.3 Å². The first-order valence-corrected chi connectivity index (χ1v) is 6.50. The van der Waals surface area contributed by atoms with E-state index in [1.807, 2.05) is 0 Å². The number of carbonyl (C=O) groups is 1. The number of rotatable bonds is 9. The van der Waals surface area contributed by atoms with Gasteiger partial charge >= 0.3 is 0 Å². The standard InChI is InChI=1S/C13H19ClN2O4/c1-18-4-5-19-6-7-20-9-13(17)16-10-2-3-11(14)12(15)8-10/h2-3,8H,4-7,9,15H2,1H3,(H,16,17). The van der Waals surface area contributed by atoms with Crippen molar-refractivity contribution in [3.63, 3.8) is 0 Å². The number of ether oxygens (including phenoxy) is 3. The maximum atomic E-state index is 11.6. The summed E-state index contributed by atoms with van der Waals surface area (Å²) in [7, 11) is 1.60. The van der Waals surface area contributed by atoms with Crippen molar-refractivity contribution in [3.05, 3.63) is 23.2 Å². The first-order valence-electron chi connectivity index (χ1n) is 6.12. The van der Waals surface area contributed by atoms with Gasteiger partial charge in [0.2, 0.25) is 5.91 Å². The minimum Gasteiger partial charge on any atom is -0.397 e. The van der Waals surface area contributed by atoms with Crippen molar-refractivity contribution in [2.75, 3.05) is 51.2 Å². The second-order valence-electron chi connectivity index (χ2n) is 3.94. The van der Waals surface area contributed by atoms with Crippen molar-refractivity contribution in [2.24, 2.45) is 0 Å². The summed E-state index contributed by atoms with van der Waals surface area (Å²) in [6.07, 6.45) is 0. The Labute approximate surface area is 123 Å². The molecule has 0 aliphatic heterocycles. The summed E-state index contributed by atoms with van der Waals surface area (Å²) in [5, 5.41) is 3.11. The Kier molecular flexibility index (Phi) is 7.98. The summed E-state index contributed by atoms with van der Waals surface area (Å²) in [6.45, 7) is 1.77. The molecule has 1 aromatic carbocycles. The zero-order chi connectivity index (χ0) is 14.8. The molecule has 3 N–H and O–H groups in total. The first-order chi connectivity index (χ1) is 9.63. The van der Waals surface area contributed by atoms with Crippen molar-refractivity contribution in [1.29, 1.82) is 0 Å². The van der Waals surface area contributed by atoms with Gasteiger partial charge in [0.1, 0.15) is 6.61 Å². The number of hydrogen-bond acceptors (Lipinski definition) is 5. The van der Waals surface area contributed by atoms with Gasteiger partial charge in [0.05, 0.1) is 37.1 Å². The van der Waals surface area contributed by atoms with Crippen molar-refractivity contribution >= 4 is 28.9 Å². The molecule has 0 aliphatic rings. The molecule has 0 saturated heterocycles. The molecule has 0 aliphatic carbocycles. The summed E-state index contributed by atoms with van der Waals surface area (Å²) < 4.78 is 15.2. The van der Waals surface area contributed by atoms with E-state index < -0.39 is 0 Å². The van der Waals surface area contributed by atoms with Crippen LogP contribution in [0, 0.1) is 0 Å². The Bertz CT molecular complexity index is 429. The highest BCUT2D eigenvalue weighted by atomic mass is 35.5. The summed E-state index contributed by atoms with van der Waals surface area (Å²) in [4.78, 5) is 11.6. The molecular formula is C13H19ClN2O4. The quantitative estimate of drug-likeness (QED) is 0.534. The van der Waals surface area contributed by atoms with Crippen LogP contribution in [0.3, 0.4) is 0 Å². The van der Waals surface area contributed by atoms with Crippen LogP contribution in [-0.4, -0.2) is 46.1 Å². The minimum atomic E-state index is -0.261. The third kappa shape index (κ3) is 6.72. The topological polar surface area (TPSA) is 82.8 Å². The van der Waals surface area contributed by atoms with E-state index >= 15 is 0 Å². The molecule has 0 atom stereocenters. The molecule has 0 bridgehead atoms. The van der Waals surface area contributed by atoms with E-state index in [0.717, 1.165) is 0 Å². The van der Waals surface area contributed by atoms with E-state index in [9.17, 15) is 4.79 Å². The maximum Gasteiger partial charge on any atom is 0.250 e. The molecule has 0 saturated carbocycles. The fourth-order valence-corrected chi connectivity index (χ4v) is 1.46. The molecule has 0 aromatic heterocycles. The highest BCUT2D eigenvalue weighted by molar-refractivity contribution is 6.33. The maximum absolute atomic E-state index is 11.6. The highest BCUT2D eigenvalue weighted by Gasteiger charge is 2.04. The second kappa shape index (κ2) is 9.55. The normalized spacial score (nSPS) is 10.5. The van der Waals surface area contributed by atoms with Gasteiger partial charge in [-0.2, -0.15) is 0 Å². The third-order valence-corrected chi connectivity index (χ3v) is 2.66. The largest absolute Gasteiger partial charge is 0.397 e. The van der Waals surface area contributed by atoms with E-state index in [0.29, 0.717) is 42.8 Å². The summed E-state index contributed by atoms with van der Waals surface area (Å²) in [5.41, 5.74) is 6.63. The van der Waals surface area contributed by atoms with Gasteiger partial charge in [-0.1, -0.05) is 11.6 Å². The molecule has 1 rings (SSSR count). The predicted molar refractivity (Wildman–Crippen MR) is 78.0 cm³/mol. The summed E-state index contributed by atoms with van der Waals surface area (Å²) >= 11 is 5.79. The van der Waals surface area contributed by atoms with Crippen LogP contribution in [0.25, 0.3) is 0 Å². The van der Waals surface area contributed by atoms with Gasteiger partial charge in [0, 0.05) is 12.8 Å². The molecule has 1 aromatic rings. The fraction of sp³-hybridized carbons (Fsp3) is 0.462. The van der Waals surface area contributed by atoms with Crippen LogP contribution in [0.2, 0.25) is 5.02 Å². The number of anilines is 2. The van der Waals surface area contributed by atoms with E-state index in [4.69, 9.17) is 31.5 Å². The van der Waals surface area contributed by atoms with Crippen LogP contribution < -0.4 is 11.1 Å². The van der Waals surface area contributed by atoms with E-state index in [1.165, 1.54) is 0 Å². The van der Waals surface area contributed by atoms with Crippen LogP contribution in [-0.2, 0) is 19.0 Å². The monoisotopic (exact) mass is 302 g/mol. The lowest BCUT2D eigenvalue weighted by Gasteiger charge is -2.08. The highest BCUT2D eigenvalue weighted by Crippen LogP contribution is 2.22. The van der Waals surface area contributed by atoms with E-state index in [-0.39, 0.29) is 12.5 Å². The molecule has 0 heterocycles. The van der Waals surface area contributed by atoms with Gasteiger partial charge in [-0.05, 0) is 18.2 Å². The molecule has 6 nitrogen and oxygen atoms in total. The summed E-state index contributed by atoms with van der Waals surface area (Å²) in [5.74, 6) is -0.261. The number of methoxy groups -OCH3 is 1. The van der Waals surface area contributed by atoms with Gasteiger partial charge in [0.15, 0.2) is 0 Å². The summed E-state index contributed by atoms with van der Waals surface area (Å²) in [6, 6.07) is 4.88. The Morgan fingerprint density at radius 2 is 1.95 bits per heavy atom. The van der Waals surface area contributed by atoms with Gasteiger partial charge in [-0.3, -0.25) is 4.79 Å². The smallest absolute Gasteiger partial charge is 0.250 e. The molecule has 20 heavy (non-hydrogen) atoms. The number of hydrogen-bond donors (Lipinski definition) is 2. The van der Waals surface area contributed by atoms with Crippen LogP contribution in [0.15, 0.2) is 18.2 Å². The molecular weight excluding hydrogens is 284 g/mol. The number of carbonyl (C=O) groups excluding carboxylic acids is 1. The SMILES string of the molecule is COCCOCCOCC(=O)Nc1ccc(Cl)c(N)c1. The fourth-order valence-electron chi connectivity index (χ4n) is 1.35. The first kappa shape index (κ1) is 16.7. The molecule has 0 radical (unpaired) electrons. The lowest BCUT2D eigenvalue weighted by Crippen LogP contribution is -2.20. The van der Waals surface area contributed by atoms with Gasteiger partial charge in [0.25, 0.3) is 0 Å². The predicted octanol–water partition coefficient (Wildman–Crippen LogP) is 1.54. The lowest BCUT2D eigenvalue weighted by atomic mass is 10.3. The number of nitrogens with two attached hydrogens (primary N) is 1. The van der Waals surface area contributed by atoms with Crippen molar-refractivity contribution in [2.45, 2.75) is 0 Å². The van der Waals surface area contributed by atoms with Gasteiger partial charge in [-0.15, -0.1) is 0 Å². The van der Waals surface area contributed by atoms with E-state index in [2.05, 4.69) is 5.32 Å². The molecule has 112 valence electrons. The number of benzene rings is 1. The van der Waals surface area contributed by atoms with Gasteiger partial charge in [-0.25, -0.2) is 0 Å².